The topological polar surface area (TPSA) is 107 Å². The Balaban J connectivity index is 0. The number of benzene rings is 1. The zero-order valence-electron chi connectivity index (χ0n) is 22.2. The van der Waals surface area contributed by atoms with Gasteiger partial charge in [-0.25, -0.2) is 4.79 Å². The maximum absolute atomic E-state index is 11.5. The molecule has 0 aliphatic carbocycles. The number of anilines is 1. The Hall–Kier alpha value is -2.24. The van der Waals surface area contributed by atoms with Gasteiger partial charge in [0, 0.05) is 19.2 Å². The van der Waals surface area contributed by atoms with Crippen molar-refractivity contribution in [1.82, 2.24) is 5.32 Å². The Morgan fingerprint density at radius 3 is 1.64 bits per heavy atom. The molecule has 1 rings (SSSR count). The number of hydrogen-bond donors (Lipinski definition) is 3. The van der Waals surface area contributed by atoms with Gasteiger partial charge in [0.25, 0.3) is 0 Å². The van der Waals surface area contributed by atoms with Crippen molar-refractivity contribution in [2.24, 2.45) is 5.73 Å². The summed E-state index contributed by atoms with van der Waals surface area (Å²) in [6, 6.07) is 8.25. The summed E-state index contributed by atoms with van der Waals surface area (Å²) in [7, 11) is 0. The minimum atomic E-state index is -0.416. The third-order valence-electron chi connectivity index (χ3n) is 4.54. The third kappa shape index (κ3) is 27.7. The van der Waals surface area contributed by atoms with Crippen molar-refractivity contribution in [3.63, 3.8) is 0 Å². The predicted octanol–water partition coefficient (Wildman–Crippen LogP) is 6.75. The van der Waals surface area contributed by atoms with E-state index in [-0.39, 0.29) is 12.0 Å². The monoisotopic (exact) mass is 465 g/mol. The molecule has 0 aromatic heterocycles. The van der Waals surface area contributed by atoms with Crippen molar-refractivity contribution in [2.45, 2.75) is 118 Å². The second-order valence-corrected chi connectivity index (χ2v) is 9.07. The Morgan fingerprint density at radius 1 is 0.818 bits per heavy atom. The van der Waals surface area contributed by atoms with Gasteiger partial charge in [-0.05, 0) is 57.7 Å². The quantitative estimate of drug-likeness (QED) is 0.221. The molecule has 1 aromatic carbocycles. The molecule has 0 fully saturated rings. The molecule has 0 bridgehead atoms. The smallest absolute Gasteiger partial charge is 0.407 e. The number of unbranched alkanes of at least 4 members (excludes halogenated alkanes) is 9. The van der Waals surface area contributed by atoms with E-state index in [4.69, 9.17) is 10.5 Å². The first kappa shape index (κ1) is 32.9. The summed E-state index contributed by atoms with van der Waals surface area (Å²) in [6.45, 7) is 11.7. The molecule has 0 aliphatic heterocycles. The van der Waals surface area contributed by atoms with Gasteiger partial charge < -0.3 is 21.5 Å². The fourth-order valence-corrected chi connectivity index (χ4v) is 3.06. The van der Waals surface area contributed by atoms with Crippen molar-refractivity contribution in [3.8, 4) is 0 Å². The minimum Gasteiger partial charge on any atom is -0.444 e. The lowest BCUT2D eigenvalue weighted by Crippen LogP contribution is -2.32. The molecule has 0 aliphatic rings. The highest BCUT2D eigenvalue weighted by Crippen LogP contribution is 2.13. The van der Waals surface area contributed by atoms with Crippen molar-refractivity contribution < 1.29 is 14.3 Å². The van der Waals surface area contributed by atoms with Crippen molar-refractivity contribution in [2.75, 3.05) is 12.3 Å². The molecule has 0 radical (unpaired) electrons. The normalized spacial score (nSPS) is 10.2. The van der Waals surface area contributed by atoms with E-state index in [1.807, 2.05) is 46.8 Å². The first-order valence-electron chi connectivity index (χ1n) is 12.7. The summed E-state index contributed by atoms with van der Waals surface area (Å²) in [5, 5.41) is 2.82. The molecular formula is C27H51N3O3. The molecule has 0 atom stereocenters. The van der Waals surface area contributed by atoms with E-state index in [1.165, 1.54) is 70.3 Å². The van der Waals surface area contributed by atoms with Gasteiger partial charge in [-0.2, -0.15) is 0 Å². The van der Waals surface area contributed by atoms with Crippen LogP contribution in [0.3, 0.4) is 0 Å². The van der Waals surface area contributed by atoms with Crippen LogP contribution in [0.4, 0.5) is 10.5 Å². The molecule has 0 spiro atoms. The number of primary amides is 1. The number of nitrogen functional groups attached to an aromatic ring is 1. The number of rotatable bonds is 13. The molecule has 6 heteroatoms. The largest absolute Gasteiger partial charge is 0.444 e. The van der Waals surface area contributed by atoms with Gasteiger partial charge in [-0.1, -0.05) is 77.3 Å². The van der Waals surface area contributed by atoms with E-state index in [9.17, 15) is 9.59 Å². The number of alkyl carbamates (subject to hydrolysis) is 1. The second kappa shape index (κ2) is 21.6. The van der Waals surface area contributed by atoms with Crippen molar-refractivity contribution in [1.29, 1.82) is 0 Å². The fraction of sp³-hybridized carbons (Fsp3) is 0.704. The predicted molar refractivity (Wildman–Crippen MR) is 141 cm³/mol. The summed E-state index contributed by atoms with van der Waals surface area (Å²) in [6.07, 6.45) is 13.6. The molecule has 0 saturated carbocycles. The van der Waals surface area contributed by atoms with Gasteiger partial charge in [0.1, 0.15) is 5.60 Å². The van der Waals surface area contributed by atoms with Crippen molar-refractivity contribution >= 4 is 17.7 Å². The number of nitrogens with two attached hydrogens (primary N) is 2. The van der Waals surface area contributed by atoms with E-state index in [1.54, 1.807) is 0 Å². The third-order valence-corrected chi connectivity index (χ3v) is 4.54. The second-order valence-electron chi connectivity index (χ2n) is 9.07. The van der Waals surface area contributed by atoms with Crippen LogP contribution in [0, 0.1) is 0 Å². The number of carbonyl (C=O) groups is 2. The number of carbonyl (C=O) groups excluding carboxylic acids is 2. The maximum atomic E-state index is 11.5. The number of aryl methyl sites for hydroxylation is 1. The lowest BCUT2D eigenvalue weighted by atomic mass is 10.0. The number of ether oxygens (including phenoxy) is 1. The Morgan fingerprint density at radius 2 is 1.21 bits per heavy atom. The van der Waals surface area contributed by atoms with Crippen LogP contribution in [0.15, 0.2) is 24.3 Å². The Labute approximate surface area is 203 Å². The highest BCUT2D eigenvalue weighted by atomic mass is 16.6. The summed E-state index contributed by atoms with van der Waals surface area (Å²) in [5.74, 6) is -0.333. The summed E-state index contributed by atoms with van der Waals surface area (Å²) < 4.78 is 5.21. The van der Waals surface area contributed by atoms with Crippen LogP contribution in [-0.2, 0) is 16.0 Å². The standard InChI is InChI=1S/C23H40N2O2.C2H5NO.C2H6/c1-23(2,3)27-22(26)25-19-13-11-9-7-5-4-6-8-10-12-14-20-15-17-21(24)18-16-20;1-2(3)4;1-2/h15-18H,4-14,19,24H2,1-3H3,(H,25,26);1H3,(H2,3,4);1-2H3. The van der Waals surface area contributed by atoms with Gasteiger partial charge in [0.05, 0.1) is 0 Å². The molecule has 6 nitrogen and oxygen atoms in total. The summed E-state index contributed by atoms with van der Waals surface area (Å²) >= 11 is 0. The Kier molecular flexibility index (Phi) is 21.6. The van der Waals surface area contributed by atoms with Crippen LogP contribution in [-0.4, -0.2) is 24.1 Å². The number of hydrogen-bond acceptors (Lipinski definition) is 4. The molecular weight excluding hydrogens is 414 g/mol. The molecule has 0 heterocycles. The van der Waals surface area contributed by atoms with Crippen LogP contribution in [0.1, 0.15) is 111 Å². The Bertz CT molecular complexity index is 592. The first-order valence-corrected chi connectivity index (χ1v) is 12.7. The number of nitrogens with one attached hydrogen (secondary N) is 1. The fourth-order valence-electron chi connectivity index (χ4n) is 3.06. The lowest BCUT2D eigenvalue weighted by Gasteiger charge is -2.19. The average molecular weight is 466 g/mol. The zero-order chi connectivity index (χ0) is 25.5. The van der Waals surface area contributed by atoms with Crippen LogP contribution in [0.25, 0.3) is 0 Å². The van der Waals surface area contributed by atoms with E-state index < -0.39 is 5.60 Å². The first-order chi connectivity index (χ1) is 15.6. The average Bonchev–Trinajstić information content (AvgIpc) is 2.72. The zero-order valence-corrected chi connectivity index (χ0v) is 22.2. The van der Waals surface area contributed by atoms with Gasteiger partial charge in [0.15, 0.2) is 0 Å². The van der Waals surface area contributed by atoms with Gasteiger partial charge >= 0.3 is 6.09 Å². The van der Waals surface area contributed by atoms with E-state index in [0.29, 0.717) is 6.54 Å². The van der Waals surface area contributed by atoms with E-state index in [2.05, 4.69) is 23.2 Å². The molecule has 0 saturated heterocycles. The van der Waals surface area contributed by atoms with Crippen molar-refractivity contribution in [3.05, 3.63) is 29.8 Å². The molecule has 33 heavy (non-hydrogen) atoms. The SMILES string of the molecule is CC.CC(C)(C)OC(=O)NCCCCCCCCCCCCc1ccc(N)cc1.CC(N)=O. The van der Waals surface area contributed by atoms with Crippen LogP contribution in [0.5, 0.6) is 0 Å². The molecule has 0 unspecified atom stereocenters. The van der Waals surface area contributed by atoms with Crippen LogP contribution < -0.4 is 16.8 Å². The summed E-state index contributed by atoms with van der Waals surface area (Å²) in [4.78, 5) is 20.7. The van der Waals surface area contributed by atoms with Gasteiger partial charge in [-0.3, -0.25) is 4.79 Å². The van der Waals surface area contributed by atoms with E-state index >= 15 is 0 Å². The van der Waals surface area contributed by atoms with E-state index in [0.717, 1.165) is 18.5 Å². The van der Waals surface area contributed by atoms with Crippen LogP contribution in [0.2, 0.25) is 0 Å². The molecule has 5 N–H and O–H groups in total. The maximum Gasteiger partial charge on any atom is 0.407 e. The lowest BCUT2D eigenvalue weighted by molar-refractivity contribution is -0.115. The molecule has 2 amide bonds. The number of amides is 2. The highest BCUT2D eigenvalue weighted by molar-refractivity contribution is 5.70. The van der Waals surface area contributed by atoms with Gasteiger partial charge in [-0.15, -0.1) is 0 Å². The van der Waals surface area contributed by atoms with Gasteiger partial charge in [0.2, 0.25) is 5.91 Å². The molecule has 192 valence electrons. The van der Waals surface area contributed by atoms with Crippen LogP contribution >= 0.6 is 0 Å². The summed E-state index contributed by atoms with van der Waals surface area (Å²) in [5.41, 5.74) is 12.0. The highest BCUT2D eigenvalue weighted by Gasteiger charge is 2.15. The molecule has 1 aromatic rings. The minimum absolute atomic E-state index is 0.307.